The molecule has 0 unspecified atom stereocenters. The van der Waals surface area contributed by atoms with Crippen LogP contribution in [0.3, 0.4) is 0 Å². The molecule has 0 atom stereocenters. The molecule has 2 aliphatic heterocycles. The Balaban J connectivity index is 0.00000245. The maximum absolute atomic E-state index is 13.0. The van der Waals surface area contributed by atoms with Crippen LogP contribution in [-0.4, -0.2) is 47.7 Å². The lowest BCUT2D eigenvalue weighted by Crippen LogP contribution is -2.30. The first kappa shape index (κ1) is 22.3. The van der Waals surface area contributed by atoms with Crippen LogP contribution in [0.2, 0.25) is 0 Å². The fraction of sp³-hybridized carbons (Fsp3) is 0.318. The van der Waals surface area contributed by atoms with E-state index in [1.54, 1.807) is 18.2 Å². The zero-order valence-electron chi connectivity index (χ0n) is 17.7. The third-order valence-corrected chi connectivity index (χ3v) is 7.15. The predicted molar refractivity (Wildman–Crippen MR) is 129 cm³/mol. The molecule has 0 spiro atoms. The molecule has 2 aromatic carbocycles. The van der Waals surface area contributed by atoms with Crippen LogP contribution in [0, 0.1) is 0 Å². The van der Waals surface area contributed by atoms with Gasteiger partial charge in [-0.3, -0.25) is 9.71 Å². The molecular formula is C22H26ClN5O3S. The molecule has 0 fully saturated rings. The van der Waals surface area contributed by atoms with E-state index in [9.17, 15) is 8.42 Å². The number of nitrogens with one attached hydrogen (secondary N) is 3. The van der Waals surface area contributed by atoms with Crippen molar-refractivity contribution >= 4 is 45.3 Å². The summed E-state index contributed by atoms with van der Waals surface area (Å²) in [6, 6.07) is 10.7. The number of anilines is 2. The summed E-state index contributed by atoms with van der Waals surface area (Å²) < 4.78 is 34.4. The monoisotopic (exact) mass is 475 g/mol. The molecule has 3 N–H and O–H groups in total. The largest absolute Gasteiger partial charge is 0.490 e. The smallest absolute Gasteiger partial charge is 0.262 e. The lowest BCUT2D eigenvalue weighted by Gasteiger charge is -2.27. The van der Waals surface area contributed by atoms with Gasteiger partial charge in [-0.25, -0.2) is 8.42 Å². The number of sulfonamides is 1. The number of aryl methyl sites for hydroxylation is 1. The topological polar surface area (TPSA) is 95.1 Å². The molecule has 2 heterocycles. The number of allylic oxidation sites excluding steroid dienone is 1. The Labute approximate surface area is 194 Å². The Hall–Kier alpha value is -2.91. The van der Waals surface area contributed by atoms with Gasteiger partial charge in [0.1, 0.15) is 12.4 Å². The van der Waals surface area contributed by atoms with Crippen molar-refractivity contribution in [2.75, 3.05) is 42.9 Å². The van der Waals surface area contributed by atoms with Gasteiger partial charge in [0.2, 0.25) is 0 Å². The van der Waals surface area contributed by atoms with Crippen LogP contribution < -0.4 is 25.0 Å². The molecule has 2 aromatic rings. The van der Waals surface area contributed by atoms with Crippen LogP contribution in [0.1, 0.15) is 17.5 Å². The summed E-state index contributed by atoms with van der Waals surface area (Å²) in [6.07, 6.45) is 3.80. The number of likely N-dealkylation sites (N-methyl/N-ethyl adjacent to an activating group) is 1. The van der Waals surface area contributed by atoms with Crippen molar-refractivity contribution in [3.63, 3.8) is 0 Å². The fourth-order valence-corrected chi connectivity index (χ4v) is 5.14. The van der Waals surface area contributed by atoms with Crippen molar-refractivity contribution in [2.45, 2.75) is 17.7 Å². The molecule has 0 amide bonds. The average molecular weight is 476 g/mol. The Morgan fingerprint density at radius 1 is 1.19 bits per heavy atom. The van der Waals surface area contributed by atoms with Crippen LogP contribution in [0.15, 0.2) is 52.5 Å². The second kappa shape index (κ2) is 8.91. The van der Waals surface area contributed by atoms with E-state index in [-0.39, 0.29) is 17.3 Å². The summed E-state index contributed by atoms with van der Waals surface area (Å²) in [5, 5.41) is 6.39. The molecule has 10 heteroatoms. The number of fused-ring (bicyclic) bond motifs is 2. The zero-order chi connectivity index (χ0) is 21.4. The second-order valence-electron chi connectivity index (χ2n) is 7.85. The van der Waals surface area contributed by atoms with Gasteiger partial charge in [0.05, 0.1) is 23.7 Å². The molecule has 3 aliphatic rings. The van der Waals surface area contributed by atoms with E-state index in [2.05, 4.69) is 25.2 Å². The van der Waals surface area contributed by atoms with Gasteiger partial charge in [0, 0.05) is 31.5 Å². The van der Waals surface area contributed by atoms with E-state index in [0.717, 1.165) is 55.3 Å². The third kappa shape index (κ3) is 4.35. The first-order valence-electron chi connectivity index (χ1n) is 10.4. The summed E-state index contributed by atoms with van der Waals surface area (Å²) >= 11 is 0. The Morgan fingerprint density at radius 2 is 2.06 bits per heavy atom. The number of benzene rings is 2. The van der Waals surface area contributed by atoms with Gasteiger partial charge in [0.25, 0.3) is 10.0 Å². The molecule has 170 valence electrons. The van der Waals surface area contributed by atoms with E-state index >= 15 is 0 Å². The van der Waals surface area contributed by atoms with E-state index in [1.807, 2.05) is 31.4 Å². The summed E-state index contributed by atoms with van der Waals surface area (Å²) in [5.74, 6) is 1.36. The van der Waals surface area contributed by atoms with Crippen LogP contribution in [0.5, 0.6) is 5.75 Å². The molecule has 0 bridgehead atoms. The number of nitrogens with zero attached hydrogens (tertiary/aromatic N) is 2. The molecule has 0 saturated heterocycles. The molecule has 0 aromatic heterocycles. The van der Waals surface area contributed by atoms with Gasteiger partial charge in [0.15, 0.2) is 5.96 Å². The Bertz CT molecular complexity index is 1200. The van der Waals surface area contributed by atoms with Crippen LogP contribution in [0.25, 0.3) is 5.57 Å². The molecule has 0 saturated carbocycles. The molecule has 1 aliphatic carbocycles. The van der Waals surface area contributed by atoms with Gasteiger partial charge < -0.3 is 20.3 Å². The minimum atomic E-state index is -3.74. The van der Waals surface area contributed by atoms with Crippen molar-refractivity contribution in [3.05, 3.63) is 53.7 Å². The quantitative estimate of drug-likeness (QED) is 0.629. The minimum Gasteiger partial charge on any atom is -0.490 e. The Morgan fingerprint density at radius 3 is 2.88 bits per heavy atom. The molecule has 5 rings (SSSR count). The highest BCUT2D eigenvalue weighted by molar-refractivity contribution is 7.92. The highest BCUT2D eigenvalue weighted by Gasteiger charge is 2.22. The van der Waals surface area contributed by atoms with E-state index in [0.29, 0.717) is 18.0 Å². The highest BCUT2D eigenvalue weighted by Crippen LogP contribution is 2.35. The first-order valence-corrected chi connectivity index (χ1v) is 11.9. The number of hydrogen-bond acceptors (Lipinski definition) is 7. The standard InChI is InChI=1S/C22H25N5O3S.ClH/c1-27-10-11-30-21-13-18(6-7-20(21)27)31(28,29)26-17-5-4-15-2-3-16(19(15)12-17)14-25-22-23-8-9-24-22;/h4-7,12-14,26H,2-3,8-11H2,1H3,(H2,23,24,25);1H/b16-14-;. The van der Waals surface area contributed by atoms with Crippen molar-refractivity contribution < 1.29 is 13.2 Å². The van der Waals surface area contributed by atoms with Gasteiger partial charge in [-0.1, -0.05) is 6.07 Å². The first-order chi connectivity index (χ1) is 15.0. The van der Waals surface area contributed by atoms with E-state index in [4.69, 9.17) is 4.74 Å². The highest BCUT2D eigenvalue weighted by atomic mass is 35.5. The normalized spacial score (nSPS) is 18.1. The lowest BCUT2D eigenvalue weighted by atomic mass is 10.1. The predicted octanol–water partition coefficient (Wildman–Crippen LogP) is 2.57. The van der Waals surface area contributed by atoms with Gasteiger partial charge in [-0.15, -0.1) is 12.4 Å². The molecular weight excluding hydrogens is 450 g/mol. The van der Waals surface area contributed by atoms with Crippen molar-refractivity contribution in [2.24, 2.45) is 4.99 Å². The summed E-state index contributed by atoms with van der Waals surface area (Å²) in [5.41, 5.74) is 4.84. The number of hydrogen-bond donors (Lipinski definition) is 3. The number of rotatable bonds is 4. The summed E-state index contributed by atoms with van der Waals surface area (Å²) in [6.45, 7) is 2.94. The van der Waals surface area contributed by atoms with Crippen LogP contribution in [-0.2, 0) is 16.4 Å². The summed E-state index contributed by atoms with van der Waals surface area (Å²) in [7, 11) is -1.77. The molecule has 8 nitrogen and oxygen atoms in total. The second-order valence-corrected chi connectivity index (χ2v) is 9.53. The van der Waals surface area contributed by atoms with Crippen molar-refractivity contribution in [1.82, 2.24) is 10.6 Å². The number of ether oxygens (including phenoxy) is 1. The fourth-order valence-electron chi connectivity index (χ4n) is 4.08. The van der Waals surface area contributed by atoms with Crippen LogP contribution >= 0.6 is 12.4 Å². The van der Waals surface area contributed by atoms with Crippen molar-refractivity contribution in [1.29, 1.82) is 0 Å². The maximum Gasteiger partial charge on any atom is 0.262 e. The van der Waals surface area contributed by atoms with Gasteiger partial charge in [-0.05, 0) is 53.8 Å². The molecule has 32 heavy (non-hydrogen) atoms. The van der Waals surface area contributed by atoms with Crippen molar-refractivity contribution in [3.8, 4) is 5.75 Å². The molecule has 0 radical (unpaired) electrons. The number of halogens is 1. The zero-order valence-corrected chi connectivity index (χ0v) is 19.4. The number of guanidine groups is 1. The van der Waals surface area contributed by atoms with E-state index in [1.165, 1.54) is 5.56 Å². The third-order valence-electron chi connectivity index (χ3n) is 5.77. The van der Waals surface area contributed by atoms with Gasteiger partial charge in [-0.2, -0.15) is 0 Å². The maximum atomic E-state index is 13.0. The van der Waals surface area contributed by atoms with E-state index < -0.39 is 10.0 Å². The lowest BCUT2D eigenvalue weighted by molar-refractivity contribution is 0.310. The van der Waals surface area contributed by atoms with Crippen LogP contribution in [0.4, 0.5) is 11.4 Å². The minimum absolute atomic E-state index is 0. The van der Waals surface area contributed by atoms with Gasteiger partial charge >= 0.3 is 0 Å². The number of aliphatic imine (C=N–C) groups is 1. The Kier molecular flexibility index (Phi) is 6.21. The average Bonchev–Trinajstić information content (AvgIpc) is 3.41. The summed E-state index contributed by atoms with van der Waals surface area (Å²) in [4.78, 5) is 6.57. The SMILES string of the molecule is CN1CCOc2cc(S(=O)(=O)Nc3ccc4c(c3)/C(=C\NC3=NCCN3)CC4)ccc21.Cl.